The maximum atomic E-state index is 11.9. The molecule has 2 atom stereocenters. The summed E-state index contributed by atoms with van der Waals surface area (Å²) in [7, 11) is 2.16. The van der Waals surface area contributed by atoms with Crippen LogP contribution in [0.3, 0.4) is 0 Å². The van der Waals surface area contributed by atoms with Crippen LogP contribution < -0.4 is 4.74 Å². The van der Waals surface area contributed by atoms with Gasteiger partial charge in [0.05, 0.1) is 4.90 Å². The van der Waals surface area contributed by atoms with Crippen molar-refractivity contribution < 1.29 is 9.53 Å². The SMILES string of the molecule is CN1CC[C@]2(c3ccc4c(c3)SCO4)CCC(=O)C[C@H]12. The van der Waals surface area contributed by atoms with Gasteiger partial charge in [-0.05, 0) is 44.1 Å². The number of benzene rings is 1. The number of hydrogen-bond donors (Lipinski definition) is 0. The van der Waals surface area contributed by atoms with Crippen LogP contribution in [0.1, 0.15) is 31.2 Å². The molecule has 2 heterocycles. The first-order valence-electron chi connectivity index (χ1n) is 7.31. The summed E-state index contributed by atoms with van der Waals surface area (Å²) in [6.07, 6.45) is 3.64. The van der Waals surface area contributed by atoms with Crippen molar-refractivity contribution >= 4 is 17.5 Å². The number of fused-ring (bicyclic) bond motifs is 2. The second-order valence-electron chi connectivity index (χ2n) is 6.21. The van der Waals surface area contributed by atoms with Gasteiger partial charge in [-0.1, -0.05) is 17.8 Å². The number of likely N-dealkylation sites (tertiary alicyclic amines) is 1. The maximum Gasteiger partial charge on any atom is 0.138 e. The molecule has 1 saturated carbocycles. The molecule has 0 unspecified atom stereocenters. The number of thioether (sulfide) groups is 1. The maximum absolute atomic E-state index is 11.9. The van der Waals surface area contributed by atoms with Crippen molar-refractivity contribution in [2.45, 2.75) is 42.0 Å². The van der Waals surface area contributed by atoms with Gasteiger partial charge in [0, 0.05) is 24.3 Å². The van der Waals surface area contributed by atoms with Gasteiger partial charge >= 0.3 is 0 Å². The predicted octanol–water partition coefficient (Wildman–Crippen LogP) is 2.82. The zero-order valence-corrected chi connectivity index (χ0v) is 12.5. The number of hydrogen-bond acceptors (Lipinski definition) is 4. The summed E-state index contributed by atoms with van der Waals surface area (Å²) in [5.41, 5.74) is 1.59. The molecule has 1 aromatic rings. The molecule has 1 saturated heterocycles. The van der Waals surface area contributed by atoms with E-state index in [1.807, 2.05) is 0 Å². The molecule has 0 amide bonds. The quantitative estimate of drug-likeness (QED) is 0.795. The molecule has 2 aliphatic heterocycles. The minimum atomic E-state index is 0.181. The summed E-state index contributed by atoms with van der Waals surface area (Å²) >= 11 is 1.78. The van der Waals surface area contributed by atoms with E-state index in [-0.39, 0.29) is 5.41 Å². The molecule has 4 heteroatoms. The van der Waals surface area contributed by atoms with Crippen molar-refractivity contribution in [2.24, 2.45) is 0 Å². The zero-order valence-electron chi connectivity index (χ0n) is 11.7. The van der Waals surface area contributed by atoms with Gasteiger partial charge in [0.15, 0.2) is 0 Å². The Morgan fingerprint density at radius 2 is 2.30 bits per heavy atom. The first-order valence-corrected chi connectivity index (χ1v) is 8.30. The normalized spacial score (nSPS) is 32.9. The third kappa shape index (κ3) is 1.74. The highest BCUT2D eigenvalue weighted by Gasteiger charge is 2.50. The van der Waals surface area contributed by atoms with Crippen LogP contribution in [0, 0.1) is 0 Å². The second kappa shape index (κ2) is 4.50. The highest BCUT2D eigenvalue weighted by Crippen LogP contribution is 2.49. The fourth-order valence-corrected chi connectivity index (χ4v) is 4.92. The number of ketones is 1. The molecule has 3 nitrogen and oxygen atoms in total. The molecule has 3 aliphatic rings. The second-order valence-corrected chi connectivity index (χ2v) is 7.18. The lowest BCUT2D eigenvalue weighted by atomic mass is 9.66. The number of carbonyl (C=O) groups is 1. The van der Waals surface area contributed by atoms with Crippen LogP contribution in [-0.4, -0.2) is 36.3 Å². The summed E-state index contributed by atoms with van der Waals surface area (Å²) in [5.74, 6) is 2.18. The lowest BCUT2D eigenvalue weighted by molar-refractivity contribution is -0.122. The molecule has 0 N–H and O–H groups in total. The molecule has 20 heavy (non-hydrogen) atoms. The molecule has 0 aromatic heterocycles. The number of nitrogens with zero attached hydrogens (tertiary/aromatic N) is 1. The number of rotatable bonds is 1. The lowest BCUT2D eigenvalue weighted by Crippen LogP contribution is -2.46. The number of likely N-dealkylation sites (N-methyl/N-ethyl adjacent to an activating group) is 1. The van der Waals surface area contributed by atoms with Gasteiger partial charge in [0.1, 0.15) is 17.5 Å². The van der Waals surface area contributed by atoms with E-state index < -0.39 is 0 Å². The molecule has 0 bridgehead atoms. The summed E-state index contributed by atoms with van der Waals surface area (Å²) in [5, 5.41) is 0. The van der Waals surface area contributed by atoms with Crippen LogP contribution >= 0.6 is 11.8 Å². The molecule has 1 aliphatic carbocycles. The standard InChI is InChI=1S/C16H19NO2S/c1-17-7-6-16(5-4-12(18)9-15(16)17)11-2-3-13-14(8-11)20-10-19-13/h2-3,8,15H,4-7,9-10H2,1H3/t15-,16-/m0/s1. The molecular weight excluding hydrogens is 270 g/mol. The number of Topliss-reactive ketones (excluding diaryl/α,β-unsaturated/α-hetero) is 1. The van der Waals surface area contributed by atoms with E-state index >= 15 is 0 Å². The van der Waals surface area contributed by atoms with E-state index in [1.165, 1.54) is 16.9 Å². The van der Waals surface area contributed by atoms with Gasteiger partial charge in [-0.3, -0.25) is 4.79 Å². The van der Waals surface area contributed by atoms with Crippen molar-refractivity contribution in [2.75, 3.05) is 19.5 Å². The molecule has 0 radical (unpaired) electrons. The lowest BCUT2D eigenvalue weighted by Gasteiger charge is -2.41. The smallest absolute Gasteiger partial charge is 0.138 e. The monoisotopic (exact) mass is 289 g/mol. The molecule has 0 spiro atoms. The third-order valence-electron chi connectivity index (χ3n) is 5.30. The van der Waals surface area contributed by atoms with Crippen LogP contribution in [0.25, 0.3) is 0 Å². The Morgan fingerprint density at radius 1 is 1.40 bits per heavy atom. The summed E-state index contributed by atoms with van der Waals surface area (Å²) in [6.45, 7) is 1.10. The highest BCUT2D eigenvalue weighted by atomic mass is 32.2. The highest BCUT2D eigenvalue weighted by molar-refractivity contribution is 7.99. The molecular formula is C16H19NO2S. The summed E-state index contributed by atoms with van der Waals surface area (Å²) in [4.78, 5) is 15.5. The molecule has 106 valence electrons. The Labute approximate surface area is 123 Å². The fraction of sp³-hybridized carbons (Fsp3) is 0.562. The van der Waals surface area contributed by atoms with Crippen molar-refractivity contribution in [3.05, 3.63) is 23.8 Å². The minimum absolute atomic E-state index is 0.181. The van der Waals surface area contributed by atoms with Crippen LogP contribution in [-0.2, 0) is 10.2 Å². The van der Waals surface area contributed by atoms with Gasteiger partial charge in [0.25, 0.3) is 0 Å². The number of ether oxygens (including phenoxy) is 1. The number of carbonyl (C=O) groups excluding carboxylic acids is 1. The van der Waals surface area contributed by atoms with E-state index in [0.717, 1.165) is 37.5 Å². The Kier molecular flexibility index (Phi) is 2.86. The predicted molar refractivity (Wildman–Crippen MR) is 79.4 cm³/mol. The van der Waals surface area contributed by atoms with Crippen LogP contribution in [0.2, 0.25) is 0 Å². The summed E-state index contributed by atoms with van der Waals surface area (Å²) in [6, 6.07) is 7.04. The Balaban J connectivity index is 1.77. The topological polar surface area (TPSA) is 29.5 Å². The average Bonchev–Trinajstić information content (AvgIpc) is 3.04. The van der Waals surface area contributed by atoms with Gasteiger partial charge in [0.2, 0.25) is 0 Å². The Bertz CT molecular complexity index is 574. The van der Waals surface area contributed by atoms with Crippen LogP contribution in [0.4, 0.5) is 0 Å². The van der Waals surface area contributed by atoms with E-state index in [4.69, 9.17) is 4.74 Å². The summed E-state index contributed by atoms with van der Waals surface area (Å²) < 4.78 is 5.59. The largest absolute Gasteiger partial charge is 0.481 e. The minimum Gasteiger partial charge on any atom is -0.481 e. The van der Waals surface area contributed by atoms with Crippen LogP contribution in [0.5, 0.6) is 5.75 Å². The van der Waals surface area contributed by atoms with Gasteiger partial charge in [-0.15, -0.1) is 0 Å². The zero-order chi connectivity index (χ0) is 13.7. The average molecular weight is 289 g/mol. The molecule has 4 rings (SSSR count). The van der Waals surface area contributed by atoms with Gasteiger partial charge in [-0.25, -0.2) is 0 Å². The van der Waals surface area contributed by atoms with Crippen molar-refractivity contribution in [1.82, 2.24) is 4.90 Å². The van der Waals surface area contributed by atoms with E-state index in [0.29, 0.717) is 11.8 Å². The first kappa shape index (κ1) is 12.7. The van der Waals surface area contributed by atoms with Crippen molar-refractivity contribution in [3.8, 4) is 5.75 Å². The van der Waals surface area contributed by atoms with E-state index in [1.54, 1.807) is 11.8 Å². The fourth-order valence-electron chi connectivity index (χ4n) is 4.13. The van der Waals surface area contributed by atoms with E-state index in [9.17, 15) is 4.79 Å². The van der Waals surface area contributed by atoms with E-state index in [2.05, 4.69) is 30.1 Å². The first-order chi connectivity index (χ1) is 9.69. The van der Waals surface area contributed by atoms with Crippen molar-refractivity contribution in [1.29, 1.82) is 0 Å². The molecule has 2 fully saturated rings. The van der Waals surface area contributed by atoms with Gasteiger partial charge < -0.3 is 9.64 Å². The third-order valence-corrected chi connectivity index (χ3v) is 6.16. The van der Waals surface area contributed by atoms with Crippen molar-refractivity contribution in [3.63, 3.8) is 0 Å². The molecule has 1 aromatic carbocycles. The van der Waals surface area contributed by atoms with Gasteiger partial charge in [-0.2, -0.15) is 0 Å². The Hall–Kier alpha value is -1.00. The Morgan fingerprint density at radius 3 is 3.20 bits per heavy atom. The van der Waals surface area contributed by atoms with Crippen LogP contribution in [0.15, 0.2) is 23.1 Å².